The standard InChI is InChI=1S/C23H35N5O4/c1-17-12-27(18(2)15-29)23(31)8-5-9-28-20(11-24-25-28)16-32-22(17)14-26(3)13-19-6-4-7-21(30)10-19/h4,6-7,10-11,17-18,22,29-30H,5,8-9,12-16H2,1-3H3/t17-,18-,22-/m0/s1. The Kier molecular flexibility index (Phi) is 8.60. The lowest BCUT2D eigenvalue weighted by molar-refractivity contribution is -0.136. The van der Waals surface area contributed by atoms with E-state index in [1.165, 1.54) is 0 Å². The van der Waals surface area contributed by atoms with Gasteiger partial charge in [0.1, 0.15) is 5.75 Å². The summed E-state index contributed by atoms with van der Waals surface area (Å²) in [7, 11) is 2.02. The van der Waals surface area contributed by atoms with Crippen LogP contribution in [0.3, 0.4) is 0 Å². The van der Waals surface area contributed by atoms with E-state index in [2.05, 4.69) is 22.1 Å². The number of aromatic hydroxyl groups is 1. The van der Waals surface area contributed by atoms with Gasteiger partial charge in [0.05, 0.1) is 37.3 Å². The molecule has 32 heavy (non-hydrogen) atoms. The van der Waals surface area contributed by atoms with Crippen molar-refractivity contribution in [3.8, 4) is 5.75 Å². The molecule has 2 aromatic rings. The van der Waals surface area contributed by atoms with Gasteiger partial charge in [0.15, 0.2) is 0 Å². The quantitative estimate of drug-likeness (QED) is 0.697. The smallest absolute Gasteiger partial charge is 0.222 e. The molecule has 0 radical (unpaired) electrons. The molecule has 176 valence electrons. The van der Waals surface area contributed by atoms with Crippen LogP contribution in [0, 0.1) is 5.92 Å². The number of phenolic OH excluding ortho intramolecular Hbond substituents is 1. The third-order valence-electron chi connectivity index (χ3n) is 5.99. The number of hydrogen-bond donors (Lipinski definition) is 2. The number of amides is 1. The average molecular weight is 446 g/mol. The van der Waals surface area contributed by atoms with Gasteiger partial charge in [0.2, 0.25) is 5.91 Å². The van der Waals surface area contributed by atoms with E-state index in [0.29, 0.717) is 45.6 Å². The maximum absolute atomic E-state index is 12.9. The number of likely N-dealkylation sites (N-methyl/N-ethyl adjacent to an activating group) is 1. The summed E-state index contributed by atoms with van der Waals surface area (Å²) in [6.07, 6.45) is 2.63. The van der Waals surface area contributed by atoms with Crippen LogP contribution in [0.1, 0.15) is 37.9 Å². The second-order valence-corrected chi connectivity index (χ2v) is 8.82. The van der Waals surface area contributed by atoms with Gasteiger partial charge in [-0.3, -0.25) is 9.69 Å². The highest BCUT2D eigenvalue weighted by molar-refractivity contribution is 5.76. The lowest BCUT2D eigenvalue weighted by atomic mass is 10.0. The number of aryl methyl sites for hydroxylation is 1. The van der Waals surface area contributed by atoms with Crippen LogP contribution in [0.2, 0.25) is 0 Å². The van der Waals surface area contributed by atoms with E-state index in [-0.39, 0.29) is 36.3 Å². The number of rotatable bonds is 6. The molecule has 1 aliphatic heterocycles. The summed E-state index contributed by atoms with van der Waals surface area (Å²) in [6.45, 7) is 6.70. The Bertz CT molecular complexity index is 874. The molecule has 1 aliphatic rings. The first-order chi connectivity index (χ1) is 15.4. The number of nitrogens with zero attached hydrogens (tertiary/aromatic N) is 5. The van der Waals surface area contributed by atoms with E-state index in [1.807, 2.05) is 26.1 Å². The topological polar surface area (TPSA) is 104 Å². The summed E-state index contributed by atoms with van der Waals surface area (Å²) in [5.41, 5.74) is 1.91. The predicted octanol–water partition coefficient (Wildman–Crippen LogP) is 1.64. The summed E-state index contributed by atoms with van der Waals surface area (Å²) in [4.78, 5) is 16.9. The predicted molar refractivity (Wildman–Crippen MR) is 120 cm³/mol. The molecule has 3 rings (SSSR count). The minimum absolute atomic E-state index is 0.0347. The van der Waals surface area contributed by atoms with E-state index in [0.717, 1.165) is 11.3 Å². The number of phenols is 1. The Labute approximate surface area is 189 Å². The monoisotopic (exact) mass is 445 g/mol. The van der Waals surface area contributed by atoms with Crippen LogP contribution in [-0.2, 0) is 29.2 Å². The Morgan fingerprint density at radius 3 is 2.94 bits per heavy atom. The number of carbonyl (C=O) groups is 1. The Morgan fingerprint density at radius 2 is 2.19 bits per heavy atom. The molecule has 2 heterocycles. The van der Waals surface area contributed by atoms with Crippen LogP contribution in [0.4, 0.5) is 0 Å². The van der Waals surface area contributed by atoms with Crippen molar-refractivity contribution in [3.05, 3.63) is 41.7 Å². The molecule has 2 N–H and O–H groups in total. The molecular weight excluding hydrogens is 410 g/mol. The van der Waals surface area contributed by atoms with Crippen LogP contribution in [0.5, 0.6) is 5.75 Å². The lowest BCUT2D eigenvalue weighted by Crippen LogP contribution is -2.47. The SMILES string of the molecule is C[C@H]1CN([C@@H](C)CO)C(=O)CCCn2nncc2CO[C@H]1CN(C)Cc1cccc(O)c1. The molecule has 0 aliphatic carbocycles. The van der Waals surface area contributed by atoms with Crippen LogP contribution < -0.4 is 0 Å². The Morgan fingerprint density at radius 1 is 1.38 bits per heavy atom. The minimum atomic E-state index is -0.250. The summed E-state index contributed by atoms with van der Waals surface area (Å²) in [5, 5.41) is 27.6. The number of carbonyl (C=O) groups excluding carboxylic acids is 1. The van der Waals surface area contributed by atoms with Crippen LogP contribution >= 0.6 is 0 Å². The maximum atomic E-state index is 12.9. The zero-order valence-electron chi connectivity index (χ0n) is 19.2. The van der Waals surface area contributed by atoms with E-state index in [1.54, 1.807) is 27.9 Å². The summed E-state index contributed by atoms with van der Waals surface area (Å²) in [6, 6.07) is 6.99. The third-order valence-corrected chi connectivity index (χ3v) is 5.99. The number of ether oxygens (including phenoxy) is 1. The summed E-state index contributed by atoms with van der Waals surface area (Å²) >= 11 is 0. The third kappa shape index (κ3) is 6.51. The molecule has 1 aromatic heterocycles. The molecule has 1 aromatic carbocycles. The van der Waals surface area contributed by atoms with E-state index < -0.39 is 0 Å². The van der Waals surface area contributed by atoms with Gasteiger partial charge in [-0.1, -0.05) is 24.3 Å². The van der Waals surface area contributed by atoms with Gasteiger partial charge in [-0.05, 0) is 38.1 Å². The number of aromatic nitrogens is 3. The second kappa shape index (κ2) is 11.4. The fourth-order valence-corrected chi connectivity index (χ4v) is 4.08. The van der Waals surface area contributed by atoms with Gasteiger partial charge in [0.25, 0.3) is 0 Å². The van der Waals surface area contributed by atoms with E-state index >= 15 is 0 Å². The first-order valence-corrected chi connectivity index (χ1v) is 11.2. The number of fused-ring (bicyclic) bond motifs is 1. The van der Waals surface area contributed by atoms with Crippen molar-refractivity contribution in [3.63, 3.8) is 0 Å². The lowest BCUT2D eigenvalue weighted by Gasteiger charge is -2.35. The normalized spacial score (nSPS) is 21.7. The zero-order chi connectivity index (χ0) is 23.1. The molecule has 9 heteroatoms. The first kappa shape index (κ1) is 24.2. The van der Waals surface area contributed by atoms with Crippen molar-refractivity contribution in [1.29, 1.82) is 0 Å². The van der Waals surface area contributed by atoms with Gasteiger partial charge in [-0.25, -0.2) is 4.68 Å². The van der Waals surface area contributed by atoms with Crippen molar-refractivity contribution in [2.75, 3.05) is 26.7 Å². The molecule has 0 saturated carbocycles. The Hall–Kier alpha value is -2.49. The van der Waals surface area contributed by atoms with E-state index in [9.17, 15) is 15.0 Å². The molecule has 1 amide bonds. The first-order valence-electron chi connectivity index (χ1n) is 11.2. The fourth-order valence-electron chi connectivity index (χ4n) is 4.08. The molecule has 3 atom stereocenters. The molecular formula is C23H35N5O4. The van der Waals surface area contributed by atoms with E-state index in [4.69, 9.17) is 4.74 Å². The molecule has 0 bridgehead atoms. The van der Waals surface area contributed by atoms with Crippen molar-refractivity contribution in [2.45, 2.75) is 58.5 Å². The summed E-state index contributed by atoms with van der Waals surface area (Å²) < 4.78 is 8.15. The van der Waals surface area contributed by atoms with Gasteiger partial charge in [-0.15, -0.1) is 5.10 Å². The number of aliphatic hydroxyl groups is 1. The van der Waals surface area contributed by atoms with Crippen LogP contribution in [-0.4, -0.2) is 79.8 Å². The van der Waals surface area contributed by atoms with Gasteiger partial charge in [-0.2, -0.15) is 0 Å². The van der Waals surface area contributed by atoms with Gasteiger partial charge in [0, 0.05) is 38.5 Å². The fraction of sp³-hybridized carbons (Fsp3) is 0.609. The molecule has 0 fully saturated rings. The van der Waals surface area contributed by atoms with Gasteiger partial charge >= 0.3 is 0 Å². The minimum Gasteiger partial charge on any atom is -0.508 e. The molecule has 0 spiro atoms. The average Bonchev–Trinajstić information content (AvgIpc) is 3.20. The van der Waals surface area contributed by atoms with Crippen molar-refractivity contribution < 1.29 is 19.7 Å². The molecule has 0 saturated heterocycles. The highest BCUT2D eigenvalue weighted by Gasteiger charge is 2.28. The van der Waals surface area contributed by atoms with Crippen LogP contribution in [0.15, 0.2) is 30.5 Å². The molecule has 9 nitrogen and oxygen atoms in total. The number of hydrogen-bond acceptors (Lipinski definition) is 7. The summed E-state index contributed by atoms with van der Waals surface area (Å²) in [5.74, 6) is 0.329. The maximum Gasteiger partial charge on any atom is 0.222 e. The Balaban J connectivity index is 1.77. The second-order valence-electron chi connectivity index (χ2n) is 8.82. The van der Waals surface area contributed by atoms with Crippen molar-refractivity contribution >= 4 is 5.91 Å². The highest BCUT2D eigenvalue weighted by atomic mass is 16.5. The van der Waals surface area contributed by atoms with Crippen molar-refractivity contribution in [1.82, 2.24) is 24.8 Å². The van der Waals surface area contributed by atoms with Gasteiger partial charge < -0.3 is 19.8 Å². The molecule has 0 unspecified atom stereocenters. The highest BCUT2D eigenvalue weighted by Crippen LogP contribution is 2.19. The number of aliphatic hydroxyl groups excluding tert-OH is 1. The largest absolute Gasteiger partial charge is 0.508 e. The zero-order valence-corrected chi connectivity index (χ0v) is 19.2. The number of benzene rings is 1. The van der Waals surface area contributed by atoms with Crippen LogP contribution in [0.25, 0.3) is 0 Å². The van der Waals surface area contributed by atoms with Crippen molar-refractivity contribution in [2.24, 2.45) is 5.92 Å².